The summed E-state index contributed by atoms with van der Waals surface area (Å²) >= 11 is 5.51. The number of carbonyl (C=O) groups is 1. The summed E-state index contributed by atoms with van der Waals surface area (Å²) in [6.07, 6.45) is 0.807. The Labute approximate surface area is 147 Å². The molecule has 1 aromatic rings. The van der Waals surface area contributed by atoms with Gasteiger partial charge >= 0.3 is 0 Å². The van der Waals surface area contributed by atoms with Crippen molar-refractivity contribution in [3.05, 3.63) is 29.3 Å². The molecule has 1 amide bonds. The van der Waals surface area contributed by atoms with Crippen LogP contribution in [0.2, 0.25) is 0 Å². The third-order valence-electron chi connectivity index (χ3n) is 3.17. The molecule has 0 heterocycles. The number of para-hydroxylation sites is 1. The van der Waals surface area contributed by atoms with Crippen LogP contribution >= 0.6 is 6.46 Å². The van der Waals surface area contributed by atoms with Gasteiger partial charge < -0.3 is 17.6 Å². The predicted molar refractivity (Wildman–Crippen MR) is 84.8 cm³/mol. The van der Waals surface area contributed by atoms with E-state index in [1.54, 1.807) is 0 Å². The monoisotopic (exact) mass is 372 g/mol. The van der Waals surface area contributed by atoms with Crippen molar-refractivity contribution in [2.75, 3.05) is 18.6 Å². The molecule has 0 bridgehead atoms. The Morgan fingerprint density at radius 3 is 2.16 bits per heavy atom. The van der Waals surface area contributed by atoms with Crippen molar-refractivity contribution in [2.45, 2.75) is 32.9 Å². The van der Waals surface area contributed by atoms with Crippen LogP contribution in [0, 0.1) is 13.8 Å². The van der Waals surface area contributed by atoms with Gasteiger partial charge in [0.15, 0.2) is 0 Å². The van der Waals surface area contributed by atoms with Gasteiger partial charge in [0.25, 0.3) is 5.91 Å². The summed E-state index contributed by atoms with van der Waals surface area (Å²) in [5.74, 6) is 0.0724. The van der Waals surface area contributed by atoms with E-state index in [0.29, 0.717) is 0 Å². The van der Waals surface area contributed by atoms with Crippen LogP contribution in [0.1, 0.15) is 24.5 Å². The minimum Gasteiger partial charge on any atom is -0.556 e. The van der Waals surface area contributed by atoms with E-state index in [-0.39, 0.29) is 44.3 Å². The van der Waals surface area contributed by atoms with Gasteiger partial charge in [0, 0.05) is 51.7 Å². The molecular weight excluding hydrogens is 350 g/mol. The first kappa shape index (κ1) is 19.6. The van der Waals surface area contributed by atoms with Gasteiger partial charge in [0.2, 0.25) is 0 Å². The van der Waals surface area contributed by atoms with E-state index in [1.807, 2.05) is 52.3 Å². The third-order valence-corrected chi connectivity index (χ3v) is 6.03. The molecule has 103 valence electrons. The van der Waals surface area contributed by atoms with E-state index in [4.69, 9.17) is 12.2 Å². The van der Waals surface area contributed by atoms with Crippen molar-refractivity contribution in [1.29, 1.82) is 0 Å². The number of carbonyl (C=O) groups excluding carboxylic acids is 1. The fourth-order valence-electron chi connectivity index (χ4n) is 2.13. The minimum atomic E-state index is -1.58. The first-order valence-corrected chi connectivity index (χ1v) is 9.95. The van der Waals surface area contributed by atoms with Crippen molar-refractivity contribution in [1.82, 2.24) is 0 Å². The van der Waals surface area contributed by atoms with Gasteiger partial charge in [-0.2, -0.15) is 0 Å². The number of hydrogen-bond donors (Lipinski definition) is 1. The fraction of sp³-hybridized carbons (Fsp3) is 0.500. The molecule has 0 aliphatic rings. The molecule has 0 aliphatic heterocycles. The molecule has 0 saturated carbocycles. The van der Waals surface area contributed by atoms with Crippen molar-refractivity contribution in [2.24, 2.45) is 0 Å². The molecular formula is C14H22NOPSY. The number of amides is 1. The number of nitrogens with one attached hydrogen (secondary N) is 1. The summed E-state index contributed by atoms with van der Waals surface area (Å²) in [4.78, 5) is 12.3. The average Bonchev–Trinajstić information content (AvgIpc) is 2.22. The first-order valence-electron chi connectivity index (χ1n) is 6.19. The first-order chi connectivity index (χ1) is 8.27. The Balaban J connectivity index is 0.00000324. The maximum atomic E-state index is 12.3. The van der Waals surface area contributed by atoms with Gasteiger partial charge in [0.05, 0.1) is 0 Å². The number of anilines is 1. The normalized spacial score (nSPS) is 12.5. The maximum Gasteiger partial charge on any atom is 0.263 e. The van der Waals surface area contributed by atoms with Crippen molar-refractivity contribution >= 4 is 30.3 Å². The second-order valence-corrected chi connectivity index (χ2v) is 11.4. The SMILES string of the molecule is CCC(C(=O)Nc1c(C)cccc1C)[P+](C)(C)[S-].[Y]. The van der Waals surface area contributed by atoms with E-state index in [1.165, 1.54) is 0 Å². The molecule has 0 aliphatic carbocycles. The molecule has 0 saturated heterocycles. The van der Waals surface area contributed by atoms with Gasteiger partial charge in [-0.05, 0) is 31.4 Å². The van der Waals surface area contributed by atoms with E-state index in [2.05, 4.69) is 5.32 Å². The number of aryl methyl sites for hydroxylation is 2. The summed E-state index contributed by atoms with van der Waals surface area (Å²) in [6, 6.07) is 6.02. The Bertz CT molecular complexity index is 425. The van der Waals surface area contributed by atoms with E-state index >= 15 is 0 Å². The number of benzene rings is 1. The Kier molecular flexibility index (Phi) is 8.37. The summed E-state index contributed by atoms with van der Waals surface area (Å²) < 4.78 is 0. The van der Waals surface area contributed by atoms with Gasteiger partial charge in [0.1, 0.15) is 5.66 Å². The summed E-state index contributed by atoms with van der Waals surface area (Å²) in [6.45, 7) is 8.56. The van der Waals surface area contributed by atoms with Crippen LogP contribution in [0.5, 0.6) is 0 Å². The second-order valence-electron chi connectivity index (χ2n) is 5.11. The molecule has 0 fully saturated rings. The van der Waals surface area contributed by atoms with E-state index in [0.717, 1.165) is 23.2 Å². The largest absolute Gasteiger partial charge is 0.556 e. The Hall–Kier alpha value is 0.574. The molecule has 19 heavy (non-hydrogen) atoms. The zero-order chi connectivity index (χ0) is 13.9. The van der Waals surface area contributed by atoms with Gasteiger partial charge in [-0.25, -0.2) is 0 Å². The zero-order valence-electron chi connectivity index (χ0n) is 12.4. The number of rotatable bonds is 4. The van der Waals surface area contributed by atoms with Crippen molar-refractivity contribution in [3.63, 3.8) is 0 Å². The third kappa shape index (κ3) is 5.46. The van der Waals surface area contributed by atoms with Crippen LogP contribution in [0.15, 0.2) is 18.2 Å². The quantitative estimate of drug-likeness (QED) is 0.644. The van der Waals surface area contributed by atoms with Gasteiger partial charge in [-0.15, -0.1) is 6.46 Å². The standard InChI is InChI=1S/C14H22NOPS.Y/c1-6-12(17(4,5)18)14(16)15-13-10(2)8-7-9-11(13)3;/h7-9,12H,6H2,1-5H3,(H,15,16);. The van der Waals surface area contributed by atoms with Crippen LogP contribution in [-0.4, -0.2) is 24.9 Å². The predicted octanol–water partition coefficient (Wildman–Crippen LogP) is 3.76. The van der Waals surface area contributed by atoms with Crippen LogP contribution in [0.3, 0.4) is 0 Å². The maximum absolute atomic E-state index is 12.3. The summed E-state index contributed by atoms with van der Waals surface area (Å²) in [5, 5.41) is 3.06. The summed E-state index contributed by atoms with van der Waals surface area (Å²) in [5.41, 5.74) is 3.09. The minimum absolute atomic E-state index is 0. The Morgan fingerprint density at radius 2 is 1.79 bits per heavy atom. The topological polar surface area (TPSA) is 29.1 Å². The molecule has 1 rings (SSSR count). The van der Waals surface area contributed by atoms with Crippen LogP contribution < -0.4 is 5.32 Å². The molecule has 2 nitrogen and oxygen atoms in total. The zero-order valence-corrected chi connectivity index (χ0v) is 16.9. The van der Waals surface area contributed by atoms with Gasteiger partial charge in [-0.3, -0.25) is 4.79 Å². The molecule has 1 radical (unpaired) electrons. The molecule has 1 unspecified atom stereocenters. The van der Waals surface area contributed by atoms with Crippen LogP contribution in [-0.2, 0) is 49.8 Å². The molecule has 1 N–H and O–H groups in total. The van der Waals surface area contributed by atoms with Crippen LogP contribution in [0.4, 0.5) is 5.69 Å². The second kappa shape index (κ2) is 8.12. The Morgan fingerprint density at radius 1 is 1.32 bits per heavy atom. The molecule has 0 spiro atoms. The van der Waals surface area contributed by atoms with Crippen molar-refractivity contribution < 1.29 is 37.5 Å². The van der Waals surface area contributed by atoms with E-state index in [9.17, 15) is 4.79 Å². The van der Waals surface area contributed by atoms with Crippen molar-refractivity contribution in [3.8, 4) is 0 Å². The molecule has 0 aromatic heterocycles. The van der Waals surface area contributed by atoms with Crippen LogP contribution in [0.25, 0.3) is 0 Å². The average molecular weight is 372 g/mol. The number of hydrogen-bond acceptors (Lipinski definition) is 2. The fourth-order valence-corrected chi connectivity index (χ4v) is 4.37. The van der Waals surface area contributed by atoms with E-state index < -0.39 is 6.46 Å². The summed E-state index contributed by atoms with van der Waals surface area (Å²) in [7, 11) is 0. The molecule has 5 heteroatoms. The molecule has 1 aromatic carbocycles. The molecule has 1 atom stereocenters. The smallest absolute Gasteiger partial charge is 0.263 e. The van der Waals surface area contributed by atoms with Gasteiger partial charge in [-0.1, -0.05) is 25.1 Å².